The topological polar surface area (TPSA) is 77.9 Å². The van der Waals surface area contributed by atoms with Crippen molar-refractivity contribution >= 4 is 0 Å². The number of aliphatic hydroxyl groups is 1. The Morgan fingerprint density at radius 1 is 1.29 bits per heavy atom. The Bertz CT molecular complexity index is 667. The number of nitrogens with one attached hydrogen (secondary N) is 1. The highest BCUT2D eigenvalue weighted by Gasteiger charge is 2.46. The Balaban J connectivity index is 1.38. The molecule has 1 saturated carbocycles. The Morgan fingerprint density at radius 3 is 2.67 bits per heavy atom. The van der Waals surface area contributed by atoms with Gasteiger partial charge in [-0.25, -0.2) is 0 Å². The second-order valence-corrected chi connectivity index (χ2v) is 7.44. The summed E-state index contributed by atoms with van der Waals surface area (Å²) in [6.45, 7) is 5.09. The van der Waals surface area contributed by atoms with Crippen molar-refractivity contribution in [2.24, 2.45) is 11.8 Å². The number of benzene rings is 1. The molecule has 2 aromatic rings. The first kappa shape index (κ1) is 15.7. The Hall–Kier alpha value is -1.79. The van der Waals surface area contributed by atoms with E-state index in [0.29, 0.717) is 17.7 Å². The molecule has 1 aromatic heterocycles. The zero-order valence-corrected chi connectivity index (χ0v) is 14.1. The van der Waals surface area contributed by atoms with Crippen LogP contribution in [0.3, 0.4) is 0 Å². The summed E-state index contributed by atoms with van der Waals surface area (Å²) in [5.74, 6) is 1.50. The zero-order valence-electron chi connectivity index (χ0n) is 14.1. The van der Waals surface area contributed by atoms with E-state index >= 15 is 0 Å². The van der Waals surface area contributed by atoms with E-state index in [4.69, 9.17) is 0 Å². The number of piperidine rings is 1. The molecule has 6 heteroatoms. The van der Waals surface area contributed by atoms with Gasteiger partial charge >= 0.3 is 0 Å². The zero-order chi connectivity index (χ0) is 16.6. The summed E-state index contributed by atoms with van der Waals surface area (Å²) in [6, 6.07) is 8.34. The number of aromatic amines is 1. The largest absolute Gasteiger partial charge is 0.389 e. The highest BCUT2D eigenvalue weighted by atomic mass is 16.3. The van der Waals surface area contributed by atoms with Gasteiger partial charge in [0, 0.05) is 25.2 Å². The molecule has 0 bridgehead atoms. The van der Waals surface area contributed by atoms with Crippen molar-refractivity contribution in [2.75, 3.05) is 13.1 Å². The van der Waals surface area contributed by atoms with Gasteiger partial charge in [0.1, 0.15) is 0 Å². The average Bonchev–Trinajstić information content (AvgIpc) is 3.05. The van der Waals surface area contributed by atoms with Gasteiger partial charge in [0.15, 0.2) is 0 Å². The van der Waals surface area contributed by atoms with Crippen LogP contribution in [-0.2, 0) is 6.54 Å². The van der Waals surface area contributed by atoms with E-state index in [1.165, 1.54) is 24.8 Å². The molecule has 0 spiro atoms. The SMILES string of the molecule is C[C@@H]1CN(Cc2ccc(-c3nn[nH]n3)cc2)CC[C@@]1(O)C1CCC1. The lowest BCUT2D eigenvalue weighted by Gasteiger charge is -2.50. The van der Waals surface area contributed by atoms with E-state index in [-0.39, 0.29) is 0 Å². The molecule has 1 aromatic carbocycles. The van der Waals surface area contributed by atoms with Crippen LogP contribution >= 0.6 is 0 Å². The smallest absolute Gasteiger partial charge is 0.204 e. The monoisotopic (exact) mass is 327 g/mol. The molecule has 128 valence electrons. The second kappa shape index (κ2) is 6.26. The molecule has 1 aliphatic carbocycles. The highest BCUT2D eigenvalue weighted by Crippen LogP contribution is 2.44. The van der Waals surface area contributed by atoms with E-state index in [1.54, 1.807) is 0 Å². The number of nitrogens with zero attached hydrogens (tertiary/aromatic N) is 4. The van der Waals surface area contributed by atoms with Crippen molar-refractivity contribution in [3.05, 3.63) is 29.8 Å². The number of hydrogen-bond donors (Lipinski definition) is 2. The maximum Gasteiger partial charge on any atom is 0.204 e. The number of H-pyrrole nitrogens is 1. The number of likely N-dealkylation sites (tertiary alicyclic amines) is 1. The number of hydrogen-bond acceptors (Lipinski definition) is 5. The minimum Gasteiger partial charge on any atom is -0.389 e. The lowest BCUT2D eigenvalue weighted by atomic mass is 9.65. The van der Waals surface area contributed by atoms with Crippen LogP contribution in [0.25, 0.3) is 11.4 Å². The van der Waals surface area contributed by atoms with Gasteiger partial charge in [-0.05, 0) is 41.9 Å². The maximum absolute atomic E-state index is 11.0. The van der Waals surface area contributed by atoms with Crippen LogP contribution in [0.1, 0.15) is 38.2 Å². The predicted molar refractivity (Wildman–Crippen MR) is 91.0 cm³/mol. The van der Waals surface area contributed by atoms with Gasteiger partial charge < -0.3 is 5.11 Å². The summed E-state index contributed by atoms with van der Waals surface area (Å²) < 4.78 is 0. The molecule has 4 rings (SSSR count). The minimum atomic E-state index is -0.433. The van der Waals surface area contributed by atoms with Crippen LogP contribution in [0.15, 0.2) is 24.3 Å². The molecular weight excluding hydrogens is 302 g/mol. The summed E-state index contributed by atoms with van der Waals surface area (Å²) >= 11 is 0. The van der Waals surface area contributed by atoms with E-state index in [0.717, 1.165) is 31.6 Å². The average molecular weight is 327 g/mol. The third-order valence-corrected chi connectivity index (χ3v) is 5.99. The first-order valence-corrected chi connectivity index (χ1v) is 8.92. The van der Waals surface area contributed by atoms with Gasteiger partial charge in [-0.1, -0.05) is 37.6 Å². The van der Waals surface area contributed by atoms with Crippen LogP contribution < -0.4 is 0 Å². The number of aromatic nitrogens is 4. The fourth-order valence-corrected chi connectivity index (χ4v) is 4.18. The maximum atomic E-state index is 11.0. The predicted octanol–water partition coefficient (Wildman–Crippen LogP) is 2.24. The first-order chi connectivity index (χ1) is 11.6. The fraction of sp³-hybridized carbons (Fsp3) is 0.611. The molecule has 2 heterocycles. The third-order valence-electron chi connectivity index (χ3n) is 5.99. The molecule has 2 N–H and O–H groups in total. The minimum absolute atomic E-state index is 0.343. The summed E-state index contributed by atoms with van der Waals surface area (Å²) in [4.78, 5) is 2.46. The molecule has 1 saturated heterocycles. The van der Waals surface area contributed by atoms with Crippen molar-refractivity contribution in [3.8, 4) is 11.4 Å². The van der Waals surface area contributed by atoms with Crippen LogP contribution in [0.5, 0.6) is 0 Å². The summed E-state index contributed by atoms with van der Waals surface area (Å²) in [5, 5.41) is 25.1. The van der Waals surface area contributed by atoms with E-state index in [1.807, 2.05) is 12.1 Å². The standard InChI is InChI=1S/C18H25N5O/c1-13-11-23(10-9-18(13,24)16-3-2-4-16)12-14-5-7-15(8-6-14)17-19-21-22-20-17/h5-8,13,16,24H,2-4,9-12H2,1H3,(H,19,20,21,22)/t13-,18+/m1/s1. The molecule has 6 nitrogen and oxygen atoms in total. The molecular formula is C18H25N5O. The van der Waals surface area contributed by atoms with Gasteiger partial charge in [0.2, 0.25) is 5.82 Å². The van der Waals surface area contributed by atoms with Crippen molar-refractivity contribution in [3.63, 3.8) is 0 Å². The van der Waals surface area contributed by atoms with Gasteiger partial charge in [-0.15, -0.1) is 10.2 Å². The lowest BCUT2D eigenvalue weighted by molar-refractivity contribution is -0.128. The lowest BCUT2D eigenvalue weighted by Crippen LogP contribution is -2.56. The Kier molecular flexibility index (Phi) is 4.10. The van der Waals surface area contributed by atoms with Gasteiger partial charge in [0.25, 0.3) is 0 Å². The Labute approximate surface area is 142 Å². The first-order valence-electron chi connectivity index (χ1n) is 8.92. The van der Waals surface area contributed by atoms with Gasteiger partial charge in [0.05, 0.1) is 5.60 Å². The molecule has 2 aliphatic rings. The van der Waals surface area contributed by atoms with E-state index in [2.05, 4.69) is 44.6 Å². The summed E-state index contributed by atoms with van der Waals surface area (Å²) in [6.07, 6.45) is 4.60. The third kappa shape index (κ3) is 2.84. The summed E-state index contributed by atoms with van der Waals surface area (Å²) in [5.41, 5.74) is 1.82. The van der Waals surface area contributed by atoms with Crippen molar-refractivity contribution in [1.29, 1.82) is 0 Å². The van der Waals surface area contributed by atoms with Crippen LogP contribution in [0.2, 0.25) is 0 Å². The number of tetrazole rings is 1. The molecule has 24 heavy (non-hydrogen) atoms. The Morgan fingerprint density at radius 2 is 2.08 bits per heavy atom. The van der Waals surface area contributed by atoms with Crippen LogP contribution in [0, 0.1) is 11.8 Å². The highest BCUT2D eigenvalue weighted by molar-refractivity contribution is 5.54. The van der Waals surface area contributed by atoms with Gasteiger partial charge in [-0.2, -0.15) is 5.21 Å². The van der Waals surface area contributed by atoms with Crippen molar-refractivity contribution in [2.45, 2.75) is 44.8 Å². The molecule has 1 aliphatic heterocycles. The molecule has 0 radical (unpaired) electrons. The van der Waals surface area contributed by atoms with E-state index < -0.39 is 5.60 Å². The molecule has 0 amide bonds. The number of rotatable bonds is 4. The van der Waals surface area contributed by atoms with Crippen molar-refractivity contribution in [1.82, 2.24) is 25.5 Å². The molecule has 2 fully saturated rings. The quantitative estimate of drug-likeness (QED) is 0.900. The van der Waals surface area contributed by atoms with Crippen LogP contribution in [0.4, 0.5) is 0 Å². The van der Waals surface area contributed by atoms with E-state index in [9.17, 15) is 5.11 Å². The second-order valence-electron chi connectivity index (χ2n) is 7.44. The fourth-order valence-electron chi connectivity index (χ4n) is 4.18. The summed E-state index contributed by atoms with van der Waals surface area (Å²) in [7, 11) is 0. The van der Waals surface area contributed by atoms with Gasteiger partial charge in [-0.3, -0.25) is 4.90 Å². The molecule has 0 unspecified atom stereocenters. The normalized spacial score (nSPS) is 28.7. The van der Waals surface area contributed by atoms with Crippen LogP contribution in [-0.4, -0.2) is 49.3 Å². The van der Waals surface area contributed by atoms with Crippen molar-refractivity contribution < 1.29 is 5.11 Å². The molecule has 2 atom stereocenters.